The zero-order chi connectivity index (χ0) is 65.0. The van der Waals surface area contributed by atoms with Gasteiger partial charge in [-0.25, -0.2) is 0 Å². The predicted octanol–water partition coefficient (Wildman–Crippen LogP) is 20.6. The van der Waals surface area contributed by atoms with Crippen LogP contribution >= 0.6 is 0 Å². The first-order valence-electron chi connectivity index (χ1n) is 34.8. The summed E-state index contributed by atoms with van der Waals surface area (Å²) in [5.74, 6) is 3.38. The third-order valence-electron chi connectivity index (χ3n) is 18.4. The van der Waals surface area contributed by atoms with E-state index in [1.807, 2.05) is 0 Å². The Morgan fingerprint density at radius 1 is 0.277 bits per heavy atom. The largest absolute Gasteiger partial charge is 0.493 e. The lowest BCUT2D eigenvalue weighted by atomic mass is 9.76. The van der Waals surface area contributed by atoms with Crippen molar-refractivity contribution in [3.63, 3.8) is 0 Å². The Morgan fingerprint density at radius 3 is 0.660 bits per heavy atom. The summed E-state index contributed by atoms with van der Waals surface area (Å²) in [7, 11) is 0. The summed E-state index contributed by atoms with van der Waals surface area (Å²) in [4.78, 5) is 0. The summed E-state index contributed by atoms with van der Waals surface area (Å²) < 4.78 is 29.3. The van der Waals surface area contributed by atoms with E-state index in [9.17, 15) is 0 Å². The zero-order valence-corrected chi connectivity index (χ0v) is 55.9. The third-order valence-corrected chi connectivity index (χ3v) is 18.4. The molecule has 0 radical (unpaired) electrons. The van der Waals surface area contributed by atoms with Crippen molar-refractivity contribution >= 4 is 22.7 Å². The molecule has 11 rings (SSSR count). The maximum atomic E-state index is 7.33. The van der Waals surface area contributed by atoms with Crippen LogP contribution in [-0.4, -0.2) is 26.4 Å². The minimum Gasteiger partial charge on any atom is -0.493 e. The van der Waals surface area contributed by atoms with Crippen LogP contribution < -0.4 is 41.0 Å². The van der Waals surface area contributed by atoms with Gasteiger partial charge in [0.05, 0.1) is 26.4 Å². The zero-order valence-electron chi connectivity index (χ0n) is 55.9. The number of hydrogen-bond acceptors (Lipinski definition) is 8. The van der Waals surface area contributed by atoms with E-state index in [2.05, 4.69) is 269 Å². The third kappa shape index (κ3) is 15.5. The normalized spacial score (nSPS) is 12.2. The Kier molecular flexibility index (Phi) is 22.8. The van der Waals surface area contributed by atoms with Crippen LogP contribution in [0.3, 0.4) is 0 Å². The lowest BCUT2D eigenvalue weighted by Gasteiger charge is -2.38. The molecule has 8 heteroatoms. The Bertz CT molecular complexity index is 3440. The van der Waals surface area contributed by atoms with Crippen molar-refractivity contribution in [1.82, 2.24) is 0 Å². The van der Waals surface area contributed by atoms with Crippen LogP contribution in [0.2, 0.25) is 0 Å². The van der Waals surface area contributed by atoms with Gasteiger partial charge >= 0.3 is 0 Å². The van der Waals surface area contributed by atoms with Gasteiger partial charge in [0.15, 0.2) is 0 Å². The van der Waals surface area contributed by atoms with Crippen molar-refractivity contribution in [2.24, 2.45) is 0 Å². The topological polar surface area (TPSA) is 113 Å². The number of anilines is 4. The van der Waals surface area contributed by atoms with Crippen LogP contribution in [0.15, 0.2) is 231 Å². The standard InChI is InChI=1S/C86H96N4O4/c1-5-9-31-47-91-81-63-51-67-59-79(89-85(71-35-19-13-20-36-71,72-37-21-14-22-38-72)73-39-23-15-24-40-73)61-69(83(67)93-49-33-11-7-3)53-65-57-78(88)58-66(82(65)92-48-32-10-6-2)54-70-62-80(60-68(52-64(81)56-77(87)55-63)84(70)94-50-34-12-8-4)90-86(74-41-25-16-26-42-74,75-43-27-17-28-44-75)76-45-29-18-30-46-76/h13-30,35-46,55-62,89-90H,5-12,31-34,47-54,87-88H2,1-4H3. The molecule has 1 aliphatic carbocycles. The fourth-order valence-corrected chi connectivity index (χ4v) is 13.9. The summed E-state index contributed by atoms with van der Waals surface area (Å²) in [6, 6.07) is 82.9. The van der Waals surface area contributed by atoms with E-state index in [1.165, 1.54) is 0 Å². The number of unbranched alkanes of at least 4 members (excludes halogenated alkanes) is 8. The Labute approximate surface area is 560 Å². The van der Waals surface area contributed by atoms with Gasteiger partial charge in [-0.15, -0.1) is 0 Å². The van der Waals surface area contributed by atoms with E-state index in [-0.39, 0.29) is 0 Å². The SMILES string of the molecule is CCCCCOc1c2cc(N)cc1Cc1cc(NC(c3ccccc3)(c3ccccc3)c3ccccc3)cc(c1OCCCCC)Cc1cc(N)cc(c1OCCCCC)Cc1cc(NC(c3ccccc3)(c3ccccc3)c3ccccc3)cc(c1OCCCCC)C2. The maximum Gasteiger partial charge on any atom is 0.126 e. The summed E-state index contributed by atoms with van der Waals surface area (Å²) in [6.45, 7) is 11.2. The molecule has 0 atom stereocenters. The van der Waals surface area contributed by atoms with Gasteiger partial charge in [0.25, 0.3) is 0 Å². The van der Waals surface area contributed by atoms with Crippen LogP contribution in [-0.2, 0) is 36.8 Å². The molecule has 8 nitrogen and oxygen atoms in total. The second-order valence-electron chi connectivity index (χ2n) is 25.5. The molecule has 6 N–H and O–H groups in total. The number of rotatable bonds is 30. The molecule has 0 saturated carbocycles. The molecule has 0 unspecified atom stereocenters. The summed E-state index contributed by atoms with van der Waals surface area (Å²) >= 11 is 0. The molecule has 0 aliphatic heterocycles. The molecule has 94 heavy (non-hydrogen) atoms. The highest BCUT2D eigenvalue weighted by Gasteiger charge is 2.39. The molecule has 0 amide bonds. The molecule has 10 aromatic rings. The van der Waals surface area contributed by atoms with E-state index in [4.69, 9.17) is 30.4 Å². The van der Waals surface area contributed by atoms with Gasteiger partial charge in [0, 0.05) is 92.9 Å². The number of ether oxygens (including phenoxy) is 4. The van der Waals surface area contributed by atoms with Crippen molar-refractivity contribution in [2.45, 2.75) is 142 Å². The fraction of sp³-hybridized carbons (Fsp3) is 0.302. The van der Waals surface area contributed by atoms with E-state index in [1.54, 1.807) is 0 Å². The van der Waals surface area contributed by atoms with Gasteiger partial charge in [-0.3, -0.25) is 0 Å². The molecule has 0 fully saturated rings. The molecule has 10 aromatic carbocycles. The minimum absolute atomic E-state index is 0.464. The average Bonchev–Trinajstić information content (AvgIpc) is 0.777. The monoisotopic (exact) mass is 1250 g/mol. The number of hydrogen-bond donors (Lipinski definition) is 4. The second-order valence-corrected chi connectivity index (χ2v) is 25.5. The highest BCUT2D eigenvalue weighted by molar-refractivity contribution is 5.70. The van der Waals surface area contributed by atoms with Crippen molar-refractivity contribution in [2.75, 3.05) is 48.5 Å². The molecule has 0 aromatic heterocycles. The number of nitrogens with one attached hydrogen (secondary N) is 2. The highest BCUT2D eigenvalue weighted by Crippen LogP contribution is 2.47. The van der Waals surface area contributed by atoms with E-state index in [0.29, 0.717) is 63.5 Å². The van der Waals surface area contributed by atoms with Crippen molar-refractivity contribution < 1.29 is 18.9 Å². The molecule has 1 aliphatic rings. The fourth-order valence-electron chi connectivity index (χ4n) is 13.9. The first-order valence-corrected chi connectivity index (χ1v) is 34.8. The molecule has 0 spiro atoms. The molecule has 0 heterocycles. The van der Waals surface area contributed by atoms with Crippen LogP contribution in [0, 0.1) is 0 Å². The van der Waals surface area contributed by atoms with Crippen LogP contribution in [0.1, 0.15) is 183 Å². The van der Waals surface area contributed by atoms with Crippen molar-refractivity contribution in [3.8, 4) is 23.0 Å². The number of fused-ring (bicyclic) bond motifs is 8. The Balaban J connectivity index is 1.20. The first kappa shape index (κ1) is 66.1. The van der Waals surface area contributed by atoms with E-state index in [0.717, 1.165) is 189 Å². The van der Waals surface area contributed by atoms with Crippen LogP contribution in [0.5, 0.6) is 23.0 Å². The second kappa shape index (κ2) is 32.4. The number of nitrogen functional groups attached to an aromatic ring is 2. The van der Waals surface area contributed by atoms with Crippen LogP contribution in [0.25, 0.3) is 0 Å². The smallest absolute Gasteiger partial charge is 0.126 e. The minimum atomic E-state index is -0.825. The van der Waals surface area contributed by atoms with Crippen molar-refractivity contribution in [3.05, 3.63) is 308 Å². The number of nitrogens with two attached hydrogens (primary N) is 2. The average molecular weight is 1250 g/mol. The Hall–Kier alpha value is -9.40. The van der Waals surface area contributed by atoms with Crippen LogP contribution in [0.4, 0.5) is 22.7 Å². The van der Waals surface area contributed by atoms with Gasteiger partial charge < -0.3 is 41.0 Å². The highest BCUT2D eigenvalue weighted by atomic mass is 16.5. The molecule has 0 saturated heterocycles. The Morgan fingerprint density at radius 2 is 0.468 bits per heavy atom. The lowest BCUT2D eigenvalue weighted by molar-refractivity contribution is 0.294. The van der Waals surface area contributed by atoms with E-state index >= 15 is 0 Å². The first-order chi connectivity index (χ1) is 46.2. The predicted molar refractivity (Wildman–Crippen MR) is 392 cm³/mol. The summed E-state index contributed by atoms with van der Waals surface area (Å²) in [6.07, 6.45) is 14.0. The van der Waals surface area contributed by atoms with E-state index < -0.39 is 11.1 Å². The van der Waals surface area contributed by atoms with Gasteiger partial charge in [-0.2, -0.15) is 0 Å². The molecular formula is C86H96N4O4. The molecule has 484 valence electrons. The number of benzene rings is 10. The van der Waals surface area contributed by atoms with Gasteiger partial charge in [0.2, 0.25) is 0 Å². The molecule has 8 bridgehead atoms. The summed E-state index contributed by atoms with van der Waals surface area (Å²) in [5, 5.41) is 8.62. The quantitative estimate of drug-likeness (QED) is 0.0200. The summed E-state index contributed by atoms with van der Waals surface area (Å²) in [5.41, 5.74) is 30.9. The van der Waals surface area contributed by atoms with Crippen molar-refractivity contribution in [1.29, 1.82) is 0 Å². The van der Waals surface area contributed by atoms with Gasteiger partial charge in [-0.1, -0.05) is 261 Å². The maximum absolute atomic E-state index is 7.33. The lowest BCUT2D eigenvalue weighted by Crippen LogP contribution is -2.38. The van der Waals surface area contributed by atoms with Gasteiger partial charge in [-0.05, 0) is 108 Å². The molecular weight excluding hydrogens is 1150 g/mol. The van der Waals surface area contributed by atoms with Gasteiger partial charge in [0.1, 0.15) is 34.1 Å².